The molecule has 0 fully saturated rings. The van der Waals surface area contributed by atoms with Gasteiger partial charge in [0.25, 0.3) is 0 Å². The SMILES string of the molecule is COCC(=C=CC[C@@H](O)c1ccc(O)cc1)C[C@@H](O)CO. The van der Waals surface area contributed by atoms with E-state index in [0.29, 0.717) is 18.6 Å². The van der Waals surface area contributed by atoms with Gasteiger partial charge in [0.2, 0.25) is 0 Å². The summed E-state index contributed by atoms with van der Waals surface area (Å²) in [4.78, 5) is 0. The number of aliphatic hydroxyl groups is 3. The van der Waals surface area contributed by atoms with Crippen molar-refractivity contribution >= 4 is 0 Å². The van der Waals surface area contributed by atoms with Crippen LogP contribution in [0.25, 0.3) is 0 Å². The minimum atomic E-state index is -0.835. The highest BCUT2D eigenvalue weighted by atomic mass is 16.5. The third kappa shape index (κ3) is 6.58. The summed E-state index contributed by atoms with van der Waals surface area (Å²) in [6.45, 7) is -0.00606. The zero-order valence-corrected chi connectivity index (χ0v) is 12.1. The van der Waals surface area contributed by atoms with Crippen molar-refractivity contribution in [3.63, 3.8) is 0 Å². The van der Waals surface area contributed by atoms with Crippen LogP contribution in [0.15, 0.2) is 41.6 Å². The Balaban J connectivity index is 2.67. The second-order valence-electron chi connectivity index (χ2n) is 4.77. The number of aliphatic hydroxyl groups excluding tert-OH is 3. The van der Waals surface area contributed by atoms with Crippen LogP contribution in [0, 0.1) is 0 Å². The van der Waals surface area contributed by atoms with Crippen molar-refractivity contribution in [3.8, 4) is 5.75 Å². The first kappa shape index (κ1) is 17.4. The van der Waals surface area contributed by atoms with Crippen LogP contribution in [0.2, 0.25) is 0 Å². The van der Waals surface area contributed by atoms with E-state index in [0.717, 1.165) is 5.57 Å². The zero-order chi connectivity index (χ0) is 15.7. The van der Waals surface area contributed by atoms with Crippen LogP contribution in [0.4, 0.5) is 0 Å². The zero-order valence-electron chi connectivity index (χ0n) is 12.1. The molecule has 0 aliphatic heterocycles. The van der Waals surface area contributed by atoms with Crippen LogP contribution >= 0.6 is 0 Å². The first-order chi connectivity index (χ1) is 10.1. The molecule has 1 aromatic carbocycles. The Morgan fingerprint density at radius 2 is 1.95 bits per heavy atom. The summed E-state index contributed by atoms with van der Waals surface area (Å²) >= 11 is 0. The van der Waals surface area contributed by atoms with Crippen LogP contribution in [0.1, 0.15) is 24.5 Å². The lowest BCUT2D eigenvalue weighted by atomic mass is 10.1. The summed E-state index contributed by atoms with van der Waals surface area (Å²) in [5.41, 5.74) is 4.41. The predicted molar refractivity (Wildman–Crippen MR) is 78.9 cm³/mol. The van der Waals surface area contributed by atoms with Gasteiger partial charge in [0.1, 0.15) is 5.75 Å². The third-order valence-corrected chi connectivity index (χ3v) is 2.94. The highest BCUT2D eigenvalue weighted by molar-refractivity contribution is 5.27. The minimum Gasteiger partial charge on any atom is -0.508 e. The maximum absolute atomic E-state index is 10.00. The number of hydrogen-bond acceptors (Lipinski definition) is 5. The summed E-state index contributed by atoms with van der Waals surface area (Å²) in [7, 11) is 1.54. The summed E-state index contributed by atoms with van der Waals surface area (Å²) in [5.74, 6) is 0.154. The quantitative estimate of drug-likeness (QED) is 0.542. The number of benzene rings is 1. The molecular weight excluding hydrogens is 272 g/mol. The normalized spacial score (nSPS) is 13.3. The smallest absolute Gasteiger partial charge is 0.115 e. The number of rotatable bonds is 8. The van der Waals surface area contributed by atoms with Gasteiger partial charge < -0.3 is 25.2 Å². The second kappa shape index (κ2) is 9.34. The topological polar surface area (TPSA) is 90.2 Å². The maximum atomic E-state index is 10.00. The largest absolute Gasteiger partial charge is 0.508 e. The van der Waals surface area contributed by atoms with Gasteiger partial charge in [-0.3, -0.25) is 0 Å². The van der Waals surface area contributed by atoms with Crippen LogP contribution in [-0.2, 0) is 4.74 Å². The van der Waals surface area contributed by atoms with Gasteiger partial charge in [-0.2, -0.15) is 0 Å². The number of hydrogen-bond donors (Lipinski definition) is 4. The molecule has 0 aliphatic carbocycles. The molecule has 0 bridgehead atoms. The van der Waals surface area contributed by atoms with E-state index in [9.17, 15) is 15.3 Å². The first-order valence-electron chi connectivity index (χ1n) is 6.74. The molecule has 0 spiro atoms. The van der Waals surface area contributed by atoms with E-state index in [1.165, 1.54) is 19.2 Å². The molecule has 21 heavy (non-hydrogen) atoms. The summed E-state index contributed by atoms with van der Waals surface area (Å²) < 4.78 is 5.00. The fourth-order valence-electron chi connectivity index (χ4n) is 1.83. The van der Waals surface area contributed by atoms with Crippen LogP contribution in [0.5, 0.6) is 5.75 Å². The van der Waals surface area contributed by atoms with Gasteiger partial charge in [0.15, 0.2) is 0 Å². The molecule has 0 heterocycles. The molecule has 0 saturated carbocycles. The molecule has 0 saturated heterocycles. The van der Waals surface area contributed by atoms with Crippen molar-refractivity contribution < 1.29 is 25.2 Å². The van der Waals surface area contributed by atoms with Gasteiger partial charge in [-0.05, 0) is 29.3 Å². The summed E-state index contributed by atoms with van der Waals surface area (Å²) in [6, 6.07) is 6.35. The Bertz CT molecular complexity index is 474. The van der Waals surface area contributed by atoms with Gasteiger partial charge >= 0.3 is 0 Å². The molecule has 116 valence electrons. The van der Waals surface area contributed by atoms with E-state index in [4.69, 9.17) is 9.84 Å². The molecule has 4 N–H and O–H groups in total. The lowest BCUT2D eigenvalue weighted by Gasteiger charge is -2.09. The average molecular weight is 294 g/mol. The minimum absolute atomic E-state index is 0.154. The first-order valence-corrected chi connectivity index (χ1v) is 6.74. The Labute approximate surface area is 124 Å². The van der Waals surface area contributed by atoms with E-state index in [2.05, 4.69) is 5.73 Å². The molecule has 0 radical (unpaired) electrons. The van der Waals surface area contributed by atoms with Crippen LogP contribution < -0.4 is 0 Å². The average Bonchev–Trinajstić information content (AvgIpc) is 2.47. The van der Waals surface area contributed by atoms with E-state index in [1.807, 2.05) is 0 Å². The highest BCUT2D eigenvalue weighted by Crippen LogP contribution is 2.19. The predicted octanol–water partition coefficient (Wildman–Crippen LogP) is 1.29. The van der Waals surface area contributed by atoms with E-state index in [-0.39, 0.29) is 18.8 Å². The number of phenols is 1. The Morgan fingerprint density at radius 1 is 1.29 bits per heavy atom. The van der Waals surface area contributed by atoms with Crippen molar-refractivity contribution in [2.45, 2.75) is 25.0 Å². The van der Waals surface area contributed by atoms with Crippen molar-refractivity contribution in [1.29, 1.82) is 0 Å². The standard InChI is InChI=1S/C16H22O5/c1-21-11-12(9-15(19)10-17)3-2-4-16(20)13-5-7-14(18)8-6-13/h2,5-8,15-20H,4,9-11H2,1H3/t3?,15-,16-/m1/s1. The van der Waals surface area contributed by atoms with Crippen LogP contribution in [-0.4, -0.2) is 46.9 Å². The molecule has 1 aromatic rings. The lowest BCUT2D eigenvalue weighted by Crippen LogP contribution is -2.14. The van der Waals surface area contributed by atoms with Gasteiger partial charge in [0, 0.05) is 20.0 Å². The van der Waals surface area contributed by atoms with E-state index in [1.54, 1.807) is 18.2 Å². The summed E-state index contributed by atoms with van der Waals surface area (Å²) in [6.07, 6.45) is 0.780. The molecule has 5 heteroatoms. The van der Waals surface area contributed by atoms with Gasteiger partial charge in [-0.15, -0.1) is 5.73 Å². The number of ether oxygens (including phenoxy) is 1. The van der Waals surface area contributed by atoms with E-state index < -0.39 is 12.2 Å². The van der Waals surface area contributed by atoms with Crippen molar-refractivity contribution in [3.05, 3.63) is 47.2 Å². The molecule has 0 aliphatic rings. The summed E-state index contributed by atoms with van der Waals surface area (Å²) in [5, 5.41) is 37.4. The molecule has 5 nitrogen and oxygen atoms in total. The third-order valence-electron chi connectivity index (χ3n) is 2.94. The van der Waals surface area contributed by atoms with Crippen molar-refractivity contribution in [1.82, 2.24) is 0 Å². The second-order valence-corrected chi connectivity index (χ2v) is 4.77. The molecule has 0 unspecified atom stereocenters. The maximum Gasteiger partial charge on any atom is 0.115 e. The number of methoxy groups -OCH3 is 1. The fourth-order valence-corrected chi connectivity index (χ4v) is 1.83. The highest BCUT2D eigenvalue weighted by Gasteiger charge is 2.07. The monoisotopic (exact) mass is 294 g/mol. The van der Waals surface area contributed by atoms with Crippen LogP contribution in [0.3, 0.4) is 0 Å². The van der Waals surface area contributed by atoms with Crippen molar-refractivity contribution in [2.24, 2.45) is 0 Å². The van der Waals surface area contributed by atoms with Gasteiger partial charge in [-0.1, -0.05) is 12.1 Å². The lowest BCUT2D eigenvalue weighted by molar-refractivity contribution is 0.0914. The van der Waals surface area contributed by atoms with Gasteiger partial charge in [-0.25, -0.2) is 0 Å². The molecule has 0 aromatic heterocycles. The molecule has 1 rings (SSSR count). The molecule has 0 amide bonds. The number of phenolic OH excluding ortho intramolecular Hbond substituents is 1. The Kier molecular flexibility index (Phi) is 7.75. The van der Waals surface area contributed by atoms with Crippen molar-refractivity contribution in [2.75, 3.05) is 20.3 Å². The fraction of sp³-hybridized carbons (Fsp3) is 0.438. The Hall–Kier alpha value is -1.62. The number of aromatic hydroxyl groups is 1. The molecule has 2 atom stereocenters. The Morgan fingerprint density at radius 3 is 2.52 bits per heavy atom. The van der Waals surface area contributed by atoms with E-state index >= 15 is 0 Å². The van der Waals surface area contributed by atoms with Gasteiger partial charge in [0.05, 0.1) is 25.4 Å². The molecular formula is C16H22O5.